The molecule has 23 heavy (non-hydrogen) atoms. The van der Waals surface area contributed by atoms with E-state index >= 15 is 0 Å². The zero-order valence-corrected chi connectivity index (χ0v) is 14.6. The molecule has 5 nitrogen and oxygen atoms in total. The van der Waals surface area contributed by atoms with Crippen molar-refractivity contribution >= 4 is 5.96 Å². The molecule has 3 unspecified atom stereocenters. The van der Waals surface area contributed by atoms with Crippen LogP contribution in [0, 0.1) is 0 Å². The number of rotatable bonds is 7. The van der Waals surface area contributed by atoms with Crippen LogP contribution < -0.4 is 10.6 Å². The van der Waals surface area contributed by atoms with E-state index in [-0.39, 0.29) is 0 Å². The first kappa shape index (κ1) is 17.0. The summed E-state index contributed by atoms with van der Waals surface area (Å²) in [6.07, 6.45) is 12.5. The topological polar surface area (TPSA) is 54.9 Å². The van der Waals surface area contributed by atoms with Gasteiger partial charge in [-0.3, -0.25) is 4.99 Å². The normalized spacial score (nSPS) is 31.5. The maximum absolute atomic E-state index is 5.97. The van der Waals surface area contributed by atoms with E-state index in [1.165, 1.54) is 44.9 Å². The molecule has 1 aliphatic carbocycles. The molecule has 1 saturated carbocycles. The second kappa shape index (κ2) is 8.88. The molecular formula is C18H33N3O2. The van der Waals surface area contributed by atoms with Gasteiger partial charge in [-0.05, 0) is 45.4 Å². The van der Waals surface area contributed by atoms with Gasteiger partial charge in [0.15, 0.2) is 5.96 Å². The van der Waals surface area contributed by atoms with Gasteiger partial charge in [0, 0.05) is 19.7 Å². The van der Waals surface area contributed by atoms with Crippen molar-refractivity contribution in [3.05, 3.63) is 0 Å². The molecule has 132 valence electrons. The molecule has 0 radical (unpaired) electrons. The summed E-state index contributed by atoms with van der Waals surface area (Å²) in [4.78, 5) is 4.70. The lowest BCUT2D eigenvalue weighted by atomic mass is 9.96. The van der Waals surface area contributed by atoms with Gasteiger partial charge in [-0.25, -0.2) is 0 Å². The summed E-state index contributed by atoms with van der Waals surface area (Å²) in [7, 11) is 0. The van der Waals surface area contributed by atoms with Gasteiger partial charge < -0.3 is 20.1 Å². The minimum Gasteiger partial charge on any atom is -0.378 e. The standard InChI is InChI=1S/C18H33N3O2/c1-2-19-18(21-16-13-15-9-10-17(16)23-15)20-11-6-12-22-14-7-4-3-5-8-14/h14-17H,2-13H2,1H3,(H2,19,20,21). The van der Waals surface area contributed by atoms with E-state index in [0.717, 1.165) is 38.5 Å². The molecule has 2 N–H and O–H groups in total. The largest absolute Gasteiger partial charge is 0.378 e. The Balaban J connectivity index is 1.34. The van der Waals surface area contributed by atoms with Crippen molar-refractivity contribution in [1.29, 1.82) is 0 Å². The third-order valence-corrected chi connectivity index (χ3v) is 5.25. The number of fused-ring (bicyclic) bond motifs is 2. The van der Waals surface area contributed by atoms with Crippen LogP contribution >= 0.6 is 0 Å². The van der Waals surface area contributed by atoms with E-state index in [0.29, 0.717) is 24.4 Å². The van der Waals surface area contributed by atoms with E-state index in [9.17, 15) is 0 Å². The SMILES string of the molecule is CCNC(=NCCCOC1CCCCC1)NC1CC2CCC1O2. The average Bonchev–Trinajstić information content (AvgIpc) is 3.18. The van der Waals surface area contributed by atoms with Crippen LogP contribution in [0.4, 0.5) is 0 Å². The van der Waals surface area contributed by atoms with E-state index < -0.39 is 0 Å². The second-order valence-electron chi connectivity index (χ2n) is 7.11. The van der Waals surface area contributed by atoms with Crippen molar-refractivity contribution in [1.82, 2.24) is 10.6 Å². The molecule has 0 amide bonds. The van der Waals surface area contributed by atoms with Crippen LogP contribution in [0.25, 0.3) is 0 Å². The van der Waals surface area contributed by atoms with Crippen molar-refractivity contribution < 1.29 is 9.47 Å². The van der Waals surface area contributed by atoms with Crippen molar-refractivity contribution in [3.8, 4) is 0 Å². The summed E-state index contributed by atoms with van der Waals surface area (Å²) in [5, 5.41) is 6.91. The Morgan fingerprint density at radius 2 is 2.04 bits per heavy atom. The Morgan fingerprint density at radius 3 is 2.74 bits per heavy atom. The molecule has 0 aromatic heterocycles. The van der Waals surface area contributed by atoms with Crippen LogP contribution in [0.3, 0.4) is 0 Å². The van der Waals surface area contributed by atoms with Gasteiger partial charge in [-0.2, -0.15) is 0 Å². The molecule has 3 fully saturated rings. The lowest BCUT2D eigenvalue weighted by molar-refractivity contribution is 0.0281. The van der Waals surface area contributed by atoms with Crippen LogP contribution in [0.2, 0.25) is 0 Å². The molecule has 2 heterocycles. The van der Waals surface area contributed by atoms with Crippen LogP contribution in [-0.4, -0.2) is 50.0 Å². The first-order valence-electron chi connectivity index (χ1n) is 9.67. The minimum atomic E-state index is 0.387. The number of nitrogens with zero attached hydrogens (tertiary/aromatic N) is 1. The van der Waals surface area contributed by atoms with E-state index in [4.69, 9.17) is 14.5 Å². The zero-order chi connectivity index (χ0) is 15.9. The van der Waals surface area contributed by atoms with E-state index in [1.807, 2.05) is 0 Å². The number of hydrogen-bond donors (Lipinski definition) is 2. The fourth-order valence-corrected chi connectivity index (χ4v) is 4.02. The molecule has 0 aromatic rings. The fraction of sp³-hybridized carbons (Fsp3) is 0.944. The summed E-state index contributed by atoms with van der Waals surface area (Å²) >= 11 is 0. The van der Waals surface area contributed by atoms with Gasteiger partial charge >= 0.3 is 0 Å². The smallest absolute Gasteiger partial charge is 0.191 e. The average molecular weight is 323 g/mol. The lowest BCUT2D eigenvalue weighted by Crippen LogP contribution is -2.47. The maximum atomic E-state index is 5.97. The van der Waals surface area contributed by atoms with Gasteiger partial charge in [0.25, 0.3) is 0 Å². The Bertz CT molecular complexity index is 382. The summed E-state index contributed by atoms with van der Waals surface area (Å²) < 4.78 is 11.9. The van der Waals surface area contributed by atoms with Gasteiger partial charge in [0.05, 0.1) is 24.4 Å². The Morgan fingerprint density at radius 1 is 1.17 bits per heavy atom. The number of ether oxygens (including phenoxy) is 2. The van der Waals surface area contributed by atoms with Crippen molar-refractivity contribution in [3.63, 3.8) is 0 Å². The fourth-order valence-electron chi connectivity index (χ4n) is 4.02. The van der Waals surface area contributed by atoms with E-state index in [2.05, 4.69) is 17.6 Å². The molecule has 3 atom stereocenters. The quantitative estimate of drug-likeness (QED) is 0.429. The van der Waals surface area contributed by atoms with Crippen LogP contribution in [-0.2, 0) is 9.47 Å². The molecule has 3 aliphatic rings. The number of guanidine groups is 1. The number of aliphatic imine (C=N–C) groups is 1. The summed E-state index contributed by atoms with van der Waals surface area (Å²) in [5.41, 5.74) is 0. The first-order chi connectivity index (χ1) is 11.3. The highest BCUT2D eigenvalue weighted by Gasteiger charge is 2.41. The van der Waals surface area contributed by atoms with Crippen molar-refractivity contribution in [2.75, 3.05) is 19.7 Å². The highest BCUT2D eigenvalue weighted by atomic mass is 16.5. The van der Waals surface area contributed by atoms with Crippen molar-refractivity contribution in [2.45, 2.75) is 89.1 Å². The first-order valence-corrected chi connectivity index (χ1v) is 9.67. The Kier molecular flexibility index (Phi) is 6.57. The van der Waals surface area contributed by atoms with Crippen molar-refractivity contribution in [2.24, 2.45) is 4.99 Å². The summed E-state index contributed by atoms with van der Waals surface area (Å²) in [6, 6.07) is 0.435. The lowest BCUT2D eigenvalue weighted by Gasteiger charge is -2.23. The molecule has 2 saturated heterocycles. The van der Waals surface area contributed by atoms with Crippen LogP contribution in [0.15, 0.2) is 4.99 Å². The Labute approximate surface area is 140 Å². The Hall–Kier alpha value is -0.810. The minimum absolute atomic E-state index is 0.387. The monoisotopic (exact) mass is 323 g/mol. The van der Waals surface area contributed by atoms with Gasteiger partial charge in [0.1, 0.15) is 0 Å². The predicted molar refractivity (Wildman–Crippen MR) is 92.9 cm³/mol. The van der Waals surface area contributed by atoms with E-state index in [1.54, 1.807) is 0 Å². The second-order valence-corrected chi connectivity index (χ2v) is 7.11. The molecule has 0 spiro atoms. The molecule has 0 aromatic carbocycles. The third kappa shape index (κ3) is 5.08. The highest BCUT2D eigenvalue weighted by molar-refractivity contribution is 5.80. The third-order valence-electron chi connectivity index (χ3n) is 5.25. The number of hydrogen-bond acceptors (Lipinski definition) is 3. The number of nitrogens with one attached hydrogen (secondary N) is 2. The molecular weight excluding hydrogens is 290 g/mol. The van der Waals surface area contributed by atoms with Gasteiger partial charge in [-0.1, -0.05) is 19.3 Å². The molecule has 2 bridgehead atoms. The molecule has 5 heteroatoms. The summed E-state index contributed by atoms with van der Waals surface area (Å²) in [6.45, 7) is 4.67. The van der Waals surface area contributed by atoms with Crippen LogP contribution in [0.5, 0.6) is 0 Å². The van der Waals surface area contributed by atoms with Crippen LogP contribution in [0.1, 0.15) is 64.7 Å². The molecule has 2 aliphatic heterocycles. The van der Waals surface area contributed by atoms with Gasteiger partial charge in [-0.15, -0.1) is 0 Å². The molecule has 3 rings (SSSR count). The summed E-state index contributed by atoms with van der Waals surface area (Å²) in [5.74, 6) is 0.936. The highest BCUT2D eigenvalue weighted by Crippen LogP contribution is 2.34. The van der Waals surface area contributed by atoms with Gasteiger partial charge in [0.2, 0.25) is 0 Å². The maximum Gasteiger partial charge on any atom is 0.191 e. The zero-order valence-electron chi connectivity index (χ0n) is 14.6. The predicted octanol–water partition coefficient (Wildman–Crippen LogP) is 2.60.